The molecule has 0 N–H and O–H groups in total. The summed E-state index contributed by atoms with van der Waals surface area (Å²) in [4.78, 5) is 7.57. The summed E-state index contributed by atoms with van der Waals surface area (Å²) >= 11 is 6.82. The van der Waals surface area contributed by atoms with Crippen LogP contribution in [0.15, 0.2) is 34.1 Å². The molecule has 0 aromatic carbocycles. The van der Waals surface area contributed by atoms with Crippen molar-refractivity contribution in [3.8, 4) is 6.07 Å². The second kappa shape index (κ2) is 5.02. The van der Waals surface area contributed by atoms with Crippen LogP contribution in [-0.4, -0.2) is 18.4 Å². The van der Waals surface area contributed by atoms with Gasteiger partial charge in [-0.3, -0.25) is 4.98 Å². The van der Waals surface area contributed by atoms with Crippen molar-refractivity contribution < 1.29 is 8.42 Å². The van der Waals surface area contributed by atoms with Crippen molar-refractivity contribution in [1.29, 1.82) is 5.26 Å². The Hall–Kier alpha value is -1.49. The molecule has 1 atom stereocenters. The molecule has 18 heavy (non-hydrogen) atoms. The van der Waals surface area contributed by atoms with Gasteiger partial charge < -0.3 is 0 Å². The number of sulfone groups is 1. The Morgan fingerprint density at radius 2 is 2.11 bits per heavy atom. The number of hydrogen-bond acceptors (Lipinski definition) is 6. The van der Waals surface area contributed by atoms with Gasteiger partial charge in [0.2, 0.25) is 9.84 Å². The molecule has 0 aliphatic rings. The van der Waals surface area contributed by atoms with Gasteiger partial charge in [0.25, 0.3) is 0 Å². The predicted octanol–water partition coefficient (Wildman–Crippen LogP) is 2.23. The second-order valence-electron chi connectivity index (χ2n) is 3.22. The molecule has 2 heterocycles. The summed E-state index contributed by atoms with van der Waals surface area (Å²) in [6.45, 7) is 0. The van der Waals surface area contributed by atoms with Crippen LogP contribution < -0.4 is 0 Å². The van der Waals surface area contributed by atoms with Crippen molar-refractivity contribution in [3.05, 3.63) is 40.8 Å². The highest BCUT2D eigenvalue weighted by Gasteiger charge is 2.33. The van der Waals surface area contributed by atoms with E-state index >= 15 is 0 Å². The number of nitriles is 1. The van der Waals surface area contributed by atoms with Crippen LogP contribution in [0, 0.1) is 11.3 Å². The van der Waals surface area contributed by atoms with Crippen LogP contribution in [0.5, 0.6) is 0 Å². The predicted molar refractivity (Wildman–Crippen MR) is 66.9 cm³/mol. The summed E-state index contributed by atoms with van der Waals surface area (Å²) in [6.07, 6.45) is 2.63. The number of thiophene rings is 1. The number of hydrogen-bond donors (Lipinski definition) is 0. The smallest absolute Gasteiger partial charge is 0.209 e. The fourth-order valence-electron chi connectivity index (χ4n) is 1.33. The van der Waals surface area contributed by atoms with E-state index in [2.05, 4.69) is 9.97 Å². The third-order valence-corrected chi connectivity index (χ3v) is 5.72. The highest BCUT2D eigenvalue weighted by molar-refractivity contribution is 7.93. The lowest BCUT2D eigenvalue weighted by Crippen LogP contribution is -2.13. The molecule has 0 bridgehead atoms. The van der Waals surface area contributed by atoms with Crippen molar-refractivity contribution in [1.82, 2.24) is 9.97 Å². The average molecular weight is 300 g/mol. The molecule has 8 heteroatoms. The van der Waals surface area contributed by atoms with E-state index in [0.29, 0.717) is 0 Å². The Morgan fingerprint density at radius 1 is 1.39 bits per heavy atom. The summed E-state index contributed by atoms with van der Waals surface area (Å²) in [5.74, 6) is 0. The van der Waals surface area contributed by atoms with Crippen LogP contribution in [-0.2, 0) is 9.84 Å². The molecule has 0 aliphatic carbocycles. The minimum absolute atomic E-state index is 0.0462. The standard InChI is InChI=1S/C10H6ClN3O2S2/c11-10-9(13-3-4-14-10)7(6-12)18(15,16)8-2-1-5-17-8/h1-5,7H/t7-/m1/s1. The maximum Gasteiger partial charge on any atom is 0.209 e. The largest absolute Gasteiger partial charge is 0.254 e. The first kappa shape index (κ1) is 13.0. The minimum Gasteiger partial charge on any atom is -0.254 e. The number of rotatable bonds is 3. The normalized spacial score (nSPS) is 12.9. The van der Waals surface area contributed by atoms with Crippen molar-refractivity contribution in [2.45, 2.75) is 9.46 Å². The van der Waals surface area contributed by atoms with E-state index < -0.39 is 15.1 Å². The SMILES string of the molecule is N#C[C@H](c1nccnc1Cl)S(=O)(=O)c1cccs1. The monoisotopic (exact) mass is 299 g/mol. The van der Waals surface area contributed by atoms with Crippen LogP contribution >= 0.6 is 22.9 Å². The topological polar surface area (TPSA) is 83.7 Å². The van der Waals surface area contributed by atoms with Crippen molar-refractivity contribution in [2.24, 2.45) is 0 Å². The molecule has 0 fully saturated rings. The second-order valence-corrected chi connectivity index (χ2v) is 6.78. The van der Waals surface area contributed by atoms with Gasteiger partial charge in [0.15, 0.2) is 10.4 Å². The van der Waals surface area contributed by atoms with Gasteiger partial charge in [-0.15, -0.1) is 11.3 Å². The molecule has 0 amide bonds. The number of aromatic nitrogens is 2. The first-order valence-corrected chi connectivity index (χ1v) is 7.51. The molecule has 2 aromatic rings. The van der Waals surface area contributed by atoms with E-state index in [0.717, 1.165) is 11.3 Å². The molecule has 5 nitrogen and oxygen atoms in total. The summed E-state index contributed by atoms with van der Waals surface area (Å²) < 4.78 is 24.6. The van der Waals surface area contributed by atoms with E-state index in [-0.39, 0.29) is 15.1 Å². The quantitative estimate of drug-likeness (QED) is 0.867. The summed E-state index contributed by atoms with van der Waals surface area (Å²) in [5, 5.41) is 9.19. The number of halogens is 1. The Kier molecular flexibility index (Phi) is 3.61. The lowest BCUT2D eigenvalue weighted by Gasteiger charge is -2.09. The van der Waals surface area contributed by atoms with Gasteiger partial charge in [0.05, 0.1) is 6.07 Å². The van der Waals surface area contributed by atoms with Gasteiger partial charge in [-0.1, -0.05) is 17.7 Å². The van der Waals surface area contributed by atoms with E-state index in [1.54, 1.807) is 17.5 Å². The van der Waals surface area contributed by atoms with Crippen molar-refractivity contribution in [3.63, 3.8) is 0 Å². The van der Waals surface area contributed by atoms with Crippen molar-refractivity contribution in [2.75, 3.05) is 0 Å². The maximum atomic E-state index is 12.2. The van der Waals surface area contributed by atoms with Gasteiger partial charge in [-0.25, -0.2) is 13.4 Å². The van der Waals surface area contributed by atoms with E-state index in [1.807, 2.05) is 0 Å². The van der Waals surface area contributed by atoms with E-state index in [4.69, 9.17) is 16.9 Å². The van der Waals surface area contributed by atoms with E-state index in [9.17, 15) is 8.42 Å². The molecule has 0 radical (unpaired) electrons. The fraction of sp³-hybridized carbons (Fsp3) is 0.100. The van der Waals surface area contributed by atoms with Gasteiger partial charge in [0, 0.05) is 12.4 Å². The zero-order valence-corrected chi connectivity index (χ0v) is 11.2. The molecule has 0 aliphatic heterocycles. The minimum atomic E-state index is -3.81. The number of nitrogens with zero attached hydrogens (tertiary/aromatic N) is 3. The van der Waals surface area contributed by atoms with E-state index in [1.165, 1.54) is 18.5 Å². The van der Waals surface area contributed by atoms with Crippen LogP contribution in [0.3, 0.4) is 0 Å². The van der Waals surface area contributed by atoms with Gasteiger partial charge in [0.1, 0.15) is 9.90 Å². The Balaban J connectivity index is 2.56. The van der Waals surface area contributed by atoms with Crippen LogP contribution in [0.25, 0.3) is 0 Å². The maximum absolute atomic E-state index is 12.2. The van der Waals surface area contributed by atoms with Crippen LogP contribution in [0.4, 0.5) is 0 Å². The zero-order valence-electron chi connectivity index (χ0n) is 8.82. The lowest BCUT2D eigenvalue weighted by molar-refractivity contribution is 0.592. The Labute approximate surface area is 113 Å². The molecule has 0 saturated carbocycles. The first-order chi connectivity index (χ1) is 8.57. The van der Waals surface area contributed by atoms with Gasteiger partial charge >= 0.3 is 0 Å². The van der Waals surface area contributed by atoms with Gasteiger partial charge in [-0.05, 0) is 11.4 Å². The van der Waals surface area contributed by atoms with Crippen LogP contribution in [0.2, 0.25) is 5.15 Å². The summed E-state index contributed by atoms with van der Waals surface area (Å²) in [6, 6.07) is 4.76. The van der Waals surface area contributed by atoms with Crippen LogP contribution in [0.1, 0.15) is 10.9 Å². The Bertz CT molecular complexity index is 692. The molecular formula is C10H6ClN3O2S2. The Morgan fingerprint density at radius 3 is 2.67 bits per heavy atom. The first-order valence-electron chi connectivity index (χ1n) is 4.71. The molecule has 2 aromatic heterocycles. The average Bonchev–Trinajstić information content (AvgIpc) is 2.86. The molecule has 0 saturated heterocycles. The molecule has 0 unspecified atom stereocenters. The molecule has 92 valence electrons. The zero-order chi connectivity index (χ0) is 13.2. The third kappa shape index (κ3) is 2.22. The summed E-state index contributed by atoms with van der Waals surface area (Å²) in [7, 11) is -3.81. The molecular weight excluding hydrogens is 294 g/mol. The third-order valence-electron chi connectivity index (χ3n) is 2.13. The fourth-order valence-corrected chi connectivity index (χ4v) is 4.15. The van der Waals surface area contributed by atoms with Crippen molar-refractivity contribution >= 4 is 32.8 Å². The molecule has 0 spiro atoms. The summed E-state index contributed by atoms with van der Waals surface area (Å²) in [5.41, 5.74) is -0.0462. The highest BCUT2D eigenvalue weighted by atomic mass is 35.5. The lowest BCUT2D eigenvalue weighted by atomic mass is 10.3. The highest BCUT2D eigenvalue weighted by Crippen LogP contribution is 2.32. The van der Waals surface area contributed by atoms with Gasteiger partial charge in [-0.2, -0.15) is 5.26 Å². The molecule has 2 rings (SSSR count).